The Hall–Kier alpha value is -3.20. The SMILES string of the molecule is Cn1cncc1C(C)(O)C1=Cc2cccnc2[C@@H](N2CCN(C(=O)OCC(C)(C)C)CC2)c2ccc(Cl)cc21. The smallest absolute Gasteiger partial charge is 0.409 e. The second-order valence-corrected chi connectivity index (χ2v) is 12.2. The van der Waals surface area contributed by atoms with Gasteiger partial charge in [-0.25, -0.2) is 9.78 Å². The number of carbonyl (C=O) groups is 1. The summed E-state index contributed by atoms with van der Waals surface area (Å²) in [5.74, 6) is 0. The highest BCUT2D eigenvalue weighted by Crippen LogP contribution is 2.46. The third kappa shape index (κ3) is 5.46. The third-order valence-corrected chi connectivity index (χ3v) is 7.67. The van der Waals surface area contributed by atoms with Crippen LogP contribution < -0.4 is 0 Å². The highest BCUT2D eigenvalue weighted by atomic mass is 35.5. The Morgan fingerprint density at radius 2 is 1.90 bits per heavy atom. The lowest BCUT2D eigenvalue weighted by Gasteiger charge is -2.39. The van der Waals surface area contributed by atoms with Gasteiger partial charge in [0.1, 0.15) is 5.60 Å². The first-order chi connectivity index (χ1) is 18.5. The van der Waals surface area contributed by atoms with E-state index < -0.39 is 5.60 Å². The van der Waals surface area contributed by atoms with E-state index in [2.05, 4.69) is 9.88 Å². The maximum Gasteiger partial charge on any atom is 0.409 e. The van der Waals surface area contributed by atoms with E-state index in [1.165, 1.54) is 0 Å². The molecule has 1 unspecified atom stereocenters. The fourth-order valence-electron chi connectivity index (χ4n) is 5.43. The fraction of sp³-hybridized carbons (Fsp3) is 0.433. The van der Waals surface area contributed by atoms with Crippen molar-refractivity contribution in [2.24, 2.45) is 12.5 Å². The zero-order valence-corrected chi connectivity index (χ0v) is 23.9. The number of aliphatic hydroxyl groups is 1. The number of halogens is 1. The minimum Gasteiger partial charge on any atom is -0.449 e. The molecular formula is C30H36ClN5O3. The minimum absolute atomic E-state index is 0.0837. The van der Waals surface area contributed by atoms with Crippen LogP contribution in [-0.4, -0.2) is 68.3 Å². The molecule has 0 spiro atoms. The Bertz CT molecular complexity index is 1400. The summed E-state index contributed by atoms with van der Waals surface area (Å²) in [6.07, 6.45) is 6.93. The van der Waals surface area contributed by atoms with E-state index in [9.17, 15) is 9.90 Å². The number of fused-ring (bicyclic) bond motifs is 2. The molecule has 0 radical (unpaired) electrons. The number of nitrogens with zero attached hydrogens (tertiary/aromatic N) is 5. The number of hydrogen-bond acceptors (Lipinski definition) is 6. The lowest BCUT2D eigenvalue weighted by Crippen LogP contribution is -2.50. The highest BCUT2D eigenvalue weighted by molar-refractivity contribution is 6.30. The summed E-state index contributed by atoms with van der Waals surface area (Å²) in [6.45, 7) is 10.7. The normalized spacial score (nSPS) is 19.4. The van der Waals surface area contributed by atoms with Crippen LogP contribution in [0.4, 0.5) is 4.79 Å². The number of hydrogen-bond donors (Lipinski definition) is 1. The standard InChI is InChI=1S/C30H36ClN5O3/c1-29(2,3)18-39-28(37)36-13-11-35(12-14-36)27-22-9-8-21(31)16-23(22)24(15-20-7-6-10-33-26(20)27)30(4,38)25-17-32-19-34(25)5/h6-10,15-17,19,27,38H,11-14,18H2,1-5H3/t27-,30?/m0/s1. The molecule has 0 saturated carbocycles. The van der Waals surface area contributed by atoms with Gasteiger partial charge in [0, 0.05) is 44.4 Å². The molecule has 1 amide bonds. The molecule has 1 fully saturated rings. The maximum atomic E-state index is 12.7. The number of benzene rings is 1. The molecule has 39 heavy (non-hydrogen) atoms. The van der Waals surface area contributed by atoms with Gasteiger partial charge in [-0.3, -0.25) is 9.88 Å². The average Bonchev–Trinajstić information content (AvgIpc) is 3.28. The van der Waals surface area contributed by atoms with Crippen molar-refractivity contribution in [3.8, 4) is 0 Å². The van der Waals surface area contributed by atoms with Gasteiger partial charge >= 0.3 is 6.09 Å². The largest absolute Gasteiger partial charge is 0.449 e. The lowest BCUT2D eigenvalue weighted by atomic mass is 9.84. The van der Waals surface area contributed by atoms with Gasteiger partial charge in [0.05, 0.1) is 36.6 Å². The van der Waals surface area contributed by atoms with E-state index >= 15 is 0 Å². The Kier molecular flexibility index (Phi) is 7.31. The Morgan fingerprint density at radius 3 is 2.56 bits per heavy atom. The van der Waals surface area contributed by atoms with Gasteiger partial charge in [0.25, 0.3) is 0 Å². The molecule has 2 aromatic heterocycles. The zero-order valence-electron chi connectivity index (χ0n) is 23.2. The molecule has 1 aromatic carbocycles. The predicted octanol–water partition coefficient (Wildman–Crippen LogP) is 5.12. The molecule has 3 heterocycles. The molecule has 1 saturated heterocycles. The van der Waals surface area contributed by atoms with E-state index in [-0.39, 0.29) is 17.6 Å². The van der Waals surface area contributed by atoms with Gasteiger partial charge < -0.3 is 19.3 Å². The third-order valence-electron chi connectivity index (χ3n) is 7.44. The molecule has 2 aliphatic rings. The molecule has 206 valence electrons. The molecule has 8 nitrogen and oxygen atoms in total. The van der Waals surface area contributed by atoms with Crippen LogP contribution in [0.1, 0.15) is 61.8 Å². The van der Waals surface area contributed by atoms with Crippen LogP contribution >= 0.6 is 11.6 Å². The van der Waals surface area contributed by atoms with Crippen molar-refractivity contribution in [2.45, 2.75) is 39.3 Å². The number of carbonyl (C=O) groups excluding carboxylic acids is 1. The first kappa shape index (κ1) is 27.4. The number of piperazine rings is 1. The number of amides is 1. The van der Waals surface area contributed by atoms with Crippen LogP contribution in [0.15, 0.2) is 49.1 Å². The Morgan fingerprint density at radius 1 is 1.15 bits per heavy atom. The molecule has 3 aromatic rings. The van der Waals surface area contributed by atoms with Crippen LogP contribution in [0.5, 0.6) is 0 Å². The number of aryl methyl sites for hydroxylation is 1. The number of imidazole rings is 1. The van der Waals surface area contributed by atoms with Crippen molar-refractivity contribution in [3.05, 3.63) is 82.2 Å². The van der Waals surface area contributed by atoms with E-state index in [0.29, 0.717) is 43.5 Å². The molecule has 1 aliphatic carbocycles. The second kappa shape index (κ2) is 10.4. The Labute approximate surface area is 234 Å². The quantitative estimate of drug-likeness (QED) is 0.486. The van der Waals surface area contributed by atoms with Gasteiger partial charge in [-0.1, -0.05) is 44.5 Å². The van der Waals surface area contributed by atoms with Gasteiger partial charge in [-0.2, -0.15) is 0 Å². The number of rotatable bonds is 4. The van der Waals surface area contributed by atoms with Crippen molar-refractivity contribution in [1.29, 1.82) is 0 Å². The minimum atomic E-state index is -1.35. The topological polar surface area (TPSA) is 83.7 Å². The number of aromatic nitrogens is 3. The van der Waals surface area contributed by atoms with E-state index in [1.807, 2.05) is 68.8 Å². The molecule has 0 bridgehead atoms. The Balaban J connectivity index is 1.52. The molecule has 5 rings (SSSR count). The summed E-state index contributed by atoms with van der Waals surface area (Å²) >= 11 is 6.55. The van der Waals surface area contributed by atoms with Gasteiger partial charge in [0.15, 0.2) is 0 Å². The first-order valence-electron chi connectivity index (χ1n) is 13.3. The van der Waals surface area contributed by atoms with Crippen LogP contribution in [0.3, 0.4) is 0 Å². The van der Waals surface area contributed by atoms with Crippen molar-refractivity contribution < 1.29 is 14.6 Å². The molecule has 1 aliphatic heterocycles. The van der Waals surface area contributed by atoms with Crippen molar-refractivity contribution in [1.82, 2.24) is 24.3 Å². The van der Waals surface area contributed by atoms with Crippen molar-refractivity contribution in [3.63, 3.8) is 0 Å². The lowest BCUT2D eigenvalue weighted by molar-refractivity contribution is 0.0493. The highest BCUT2D eigenvalue weighted by Gasteiger charge is 2.39. The maximum absolute atomic E-state index is 12.7. The fourth-order valence-corrected chi connectivity index (χ4v) is 5.60. The predicted molar refractivity (Wildman–Crippen MR) is 152 cm³/mol. The van der Waals surface area contributed by atoms with Crippen molar-refractivity contribution in [2.75, 3.05) is 32.8 Å². The summed E-state index contributed by atoms with van der Waals surface area (Å²) < 4.78 is 7.40. The monoisotopic (exact) mass is 549 g/mol. The number of pyridine rings is 1. The van der Waals surface area contributed by atoms with E-state index in [0.717, 1.165) is 28.0 Å². The first-order valence-corrected chi connectivity index (χ1v) is 13.7. The summed E-state index contributed by atoms with van der Waals surface area (Å²) in [5.41, 5.74) is 3.68. The van der Waals surface area contributed by atoms with Gasteiger partial charge in [-0.15, -0.1) is 0 Å². The molecule has 9 heteroatoms. The molecule has 1 N–H and O–H groups in total. The van der Waals surface area contributed by atoms with E-state index in [1.54, 1.807) is 30.5 Å². The van der Waals surface area contributed by atoms with Crippen LogP contribution in [0.2, 0.25) is 5.02 Å². The summed E-state index contributed by atoms with van der Waals surface area (Å²) in [4.78, 5) is 25.9. The van der Waals surface area contributed by atoms with E-state index in [4.69, 9.17) is 21.3 Å². The van der Waals surface area contributed by atoms with Crippen molar-refractivity contribution >= 4 is 29.3 Å². The molecule has 2 atom stereocenters. The summed E-state index contributed by atoms with van der Waals surface area (Å²) in [7, 11) is 1.87. The van der Waals surface area contributed by atoms with Crippen LogP contribution in [-0.2, 0) is 17.4 Å². The van der Waals surface area contributed by atoms with Gasteiger partial charge in [0.2, 0.25) is 0 Å². The molecular weight excluding hydrogens is 514 g/mol. The summed E-state index contributed by atoms with van der Waals surface area (Å²) in [5, 5.41) is 12.6. The zero-order chi connectivity index (χ0) is 27.9. The number of ether oxygens (including phenoxy) is 1. The van der Waals surface area contributed by atoms with Crippen LogP contribution in [0.25, 0.3) is 11.6 Å². The second-order valence-electron chi connectivity index (χ2n) is 11.8. The average molecular weight is 550 g/mol. The summed E-state index contributed by atoms with van der Waals surface area (Å²) in [6, 6.07) is 9.60. The van der Waals surface area contributed by atoms with Gasteiger partial charge in [-0.05, 0) is 58.9 Å². The van der Waals surface area contributed by atoms with Crippen LogP contribution in [0, 0.1) is 5.41 Å².